The Bertz CT molecular complexity index is 410. The van der Waals surface area contributed by atoms with E-state index in [1.807, 2.05) is 6.20 Å². The van der Waals surface area contributed by atoms with Crippen molar-refractivity contribution >= 4 is 5.82 Å². The summed E-state index contributed by atoms with van der Waals surface area (Å²) in [5.74, 6) is 3.05. The van der Waals surface area contributed by atoms with E-state index in [-0.39, 0.29) is 0 Å². The maximum absolute atomic E-state index is 4.63. The van der Waals surface area contributed by atoms with Gasteiger partial charge in [-0.1, -0.05) is 6.92 Å². The van der Waals surface area contributed by atoms with Gasteiger partial charge >= 0.3 is 0 Å². The zero-order valence-electron chi connectivity index (χ0n) is 12.6. The molecule has 0 aromatic carbocycles. The van der Waals surface area contributed by atoms with Gasteiger partial charge in [-0.25, -0.2) is 4.98 Å². The van der Waals surface area contributed by atoms with Crippen LogP contribution in [0.4, 0.5) is 5.82 Å². The minimum Gasteiger partial charge on any atom is -0.356 e. The van der Waals surface area contributed by atoms with Crippen LogP contribution in [-0.4, -0.2) is 24.6 Å². The van der Waals surface area contributed by atoms with Gasteiger partial charge in [-0.05, 0) is 68.2 Å². The van der Waals surface area contributed by atoms with E-state index in [1.54, 1.807) is 0 Å². The molecule has 0 atom stereocenters. The van der Waals surface area contributed by atoms with Crippen LogP contribution in [0.5, 0.6) is 0 Å². The average Bonchev–Trinajstić information content (AvgIpc) is 3.34. The van der Waals surface area contributed by atoms with Gasteiger partial charge in [0.25, 0.3) is 0 Å². The van der Waals surface area contributed by atoms with Gasteiger partial charge in [0.05, 0.1) is 0 Å². The van der Waals surface area contributed by atoms with E-state index in [4.69, 9.17) is 0 Å². The van der Waals surface area contributed by atoms with E-state index in [0.29, 0.717) is 0 Å². The molecule has 1 heterocycles. The first-order valence-electron chi connectivity index (χ1n) is 8.25. The van der Waals surface area contributed by atoms with Gasteiger partial charge in [0.2, 0.25) is 0 Å². The van der Waals surface area contributed by atoms with Crippen molar-refractivity contribution in [2.75, 3.05) is 24.5 Å². The van der Waals surface area contributed by atoms with Crippen molar-refractivity contribution in [1.29, 1.82) is 0 Å². The molecule has 1 N–H and O–H groups in total. The summed E-state index contributed by atoms with van der Waals surface area (Å²) in [7, 11) is 0. The van der Waals surface area contributed by atoms with Crippen molar-refractivity contribution in [1.82, 2.24) is 10.3 Å². The Hall–Kier alpha value is -1.09. The van der Waals surface area contributed by atoms with E-state index in [0.717, 1.165) is 24.9 Å². The molecule has 0 bridgehead atoms. The third-order valence-electron chi connectivity index (χ3n) is 4.24. The Kier molecular flexibility index (Phi) is 4.56. The normalized spacial score (nSPS) is 18.2. The summed E-state index contributed by atoms with van der Waals surface area (Å²) >= 11 is 0. The summed E-state index contributed by atoms with van der Waals surface area (Å²) in [6.45, 7) is 6.69. The molecule has 3 rings (SSSR count). The summed E-state index contributed by atoms with van der Waals surface area (Å²) in [6, 6.07) is 4.42. The SMILES string of the molecule is CCCNCc1ccnc(N(CC2CC2)CC2CC2)c1. The molecule has 110 valence electrons. The quantitative estimate of drug-likeness (QED) is 0.700. The van der Waals surface area contributed by atoms with Crippen LogP contribution in [0.2, 0.25) is 0 Å². The van der Waals surface area contributed by atoms with Crippen molar-refractivity contribution in [2.24, 2.45) is 11.8 Å². The maximum atomic E-state index is 4.63. The molecule has 0 amide bonds. The molecule has 0 aliphatic heterocycles. The first-order chi connectivity index (χ1) is 9.85. The van der Waals surface area contributed by atoms with Crippen molar-refractivity contribution in [2.45, 2.75) is 45.6 Å². The number of rotatable bonds is 9. The minimum absolute atomic E-state index is 0.928. The smallest absolute Gasteiger partial charge is 0.128 e. The molecule has 0 spiro atoms. The molecule has 3 heteroatoms. The first-order valence-corrected chi connectivity index (χ1v) is 8.25. The van der Waals surface area contributed by atoms with Gasteiger partial charge in [-0.3, -0.25) is 0 Å². The molecule has 0 radical (unpaired) electrons. The minimum atomic E-state index is 0.928. The summed E-state index contributed by atoms with van der Waals surface area (Å²) in [4.78, 5) is 7.17. The second-order valence-corrected chi connectivity index (χ2v) is 6.49. The lowest BCUT2D eigenvalue weighted by atomic mass is 10.2. The first kappa shape index (κ1) is 13.9. The number of nitrogens with one attached hydrogen (secondary N) is 1. The molecule has 1 aromatic rings. The standard InChI is InChI=1S/C17H27N3/c1-2-8-18-11-16-7-9-19-17(10-16)20(12-14-3-4-14)13-15-5-6-15/h7,9-10,14-15,18H,2-6,8,11-13H2,1H3. The van der Waals surface area contributed by atoms with Crippen molar-refractivity contribution in [3.63, 3.8) is 0 Å². The van der Waals surface area contributed by atoms with E-state index < -0.39 is 0 Å². The Balaban J connectivity index is 1.63. The Labute approximate surface area is 122 Å². The van der Waals surface area contributed by atoms with Crippen LogP contribution < -0.4 is 10.2 Å². The third kappa shape index (κ3) is 4.20. The third-order valence-corrected chi connectivity index (χ3v) is 4.24. The van der Waals surface area contributed by atoms with Crippen LogP contribution in [-0.2, 0) is 6.54 Å². The van der Waals surface area contributed by atoms with Crippen LogP contribution in [0.1, 0.15) is 44.6 Å². The lowest BCUT2D eigenvalue weighted by Crippen LogP contribution is -2.29. The Morgan fingerprint density at radius 3 is 2.50 bits per heavy atom. The molecule has 3 nitrogen and oxygen atoms in total. The molecule has 2 aliphatic rings. The van der Waals surface area contributed by atoms with Crippen molar-refractivity contribution < 1.29 is 0 Å². The van der Waals surface area contributed by atoms with E-state index in [9.17, 15) is 0 Å². The van der Waals surface area contributed by atoms with Crippen LogP contribution in [0, 0.1) is 11.8 Å². The molecular formula is C17H27N3. The fraction of sp³-hybridized carbons (Fsp3) is 0.706. The predicted octanol–water partition coefficient (Wildman–Crippen LogP) is 3.21. The number of nitrogens with zero attached hydrogens (tertiary/aromatic N) is 2. The number of hydrogen-bond acceptors (Lipinski definition) is 3. The Morgan fingerprint density at radius 2 is 1.90 bits per heavy atom. The van der Waals surface area contributed by atoms with Crippen LogP contribution in [0.25, 0.3) is 0 Å². The molecule has 2 fully saturated rings. The van der Waals surface area contributed by atoms with Crippen molar-refractivity contribution in [3.8, 4) is 0 Å². The van der Waals surface area contributed by atoms with Gasteiger partial charge in [-0.15, -0.1) is 0 Å². The summed E-state index contributed by atoms with van der Waals surface area (Å²) in [6.07, 6.45) is 8.83. The highest BCUT2D eigenvalue weighted by Crippen LogP contribution is 2.35. The molecule has 20 heavy (non-hydrogen) atoms. The zero-order valence-corrected chi connectivity index (χ0v) is 12.6. The molecular weight excluding hydrogens is 246 g/mol. The number of hydrogen-bond donors (Lipinski definition) is 1. The van der Waals surface area contributed by atoms with Gasteiger partial charge in [0, 0.05) is 25.8 Å². The highest BCUT2D eigenvalue weighted by atomic mass is 15.2. The monoisotopic (exact) mass is 273 g/mol. The van der Waals surface area contributed by atoms with Gasteiger partial charge in [0.15, 0.2) is 0 Å². The molecule has 1 aromatic heterocycles. The number of aromatic nitrogens is 1. The zero-order chi connectivity index (χ0) is 13.8. The fourth-order valence-corrected chi connectivity index (χ4v) is 2.64. The summed E-state index contributed by atoms with van der Waals surface area (Å²) < 4.78 is 0. The van der Waals surface area contributed by atoms with Gasteiger partial charge in [-0.2, -0.15) is 0 Å². The van der Waals surface area contributed by atoms with E-state index in [2.05, 4.69) is 34.3 Å². The molecule has 2 saturated carbocycles. The van der Waals surface area contributed by atoms with Crippen LogP contribution >= 0.6 is 0 Å². The largest absolute Gasteiger partial charge is 0.356 e. The van der Waals surface area contributed by atoms with Crippen LogP contribution in [0.15, 0.2) is 18.3 Å². The lowest BCUT2D eigenvalue weighted by Gasteiger charge is -2.24. The highest BCUT2D eigenvalue weighted by molar-refractivity contribution is 5.41. The molecule has 0 unspecified atom stereocenters. The number of pyridine rings is 1. The average molecular weight is 273 g/mol. The molecule has 2 aliphatic carbocycles. The summed E-state index contributed by atoms with van der Waals surface area (Å²) in [5.41, 5.74) is 1.36. The second kappa shape index (κ2) is 6.57. The lowest BCUT2D eigenvalue weighted by molar-refractivity contribution is 0.663. The van der Waals surface area contributed by atoms with E-state index in [1.165, 1.54) is 56.6 Å². The van der Waals surface area contributed by atoms with Gasteiger partial charge < -0.3 is 10.2 Å². The van der Waals surface area contributed by atoms with E-state index >= 15 is 0 Å². The second-order valence-electron chi connectivity index (χ2n) is 6.49. The van der Waals surface area contributed by atoms with Gasteiger partial charge in [0.1, 0.15) is 5.82 Å². The number of anilines is 1. The maximum Gasteiger partial charge on any atom is 0.128 e. The predicted molar refractivity (Wildman–Crippen MR) is 83.9 cm³/mol. The molecule has 0 saturated heterocycles. The topological polar surface area (TPSA) is 28.2 Å². The summed E-state index contributed by atoms with van der Waals surface area (Å²) in [5, 5.41) is 3.48. The van der Waals surface area contributed by atoms with Crippen molar-refractivity contribution in [3.05, 3.63) is 23.9 Å². The fourth-order valence-electron chi connectivity index (χ4n) is 2.64. The Morgan fingerprint density at radius 1 is 1.20 bits per heavy atom. The highest BCUT2D eigenvalue weighted by Gasteiger charge is 2.29. The van der Waals surface area contributed by atoms with Crippen LogP contribution in [0.3, 0.4) is 0 Å².